The number of carbonyl (C=O) groups excluding carboxylic acids is 1. The van der Waals surface area contributed by atoms with Gasteiger partial charge in [0.15, 0.2) is 0 Å². The van der Waals surface area contributed by atoms with Crippen LogP contribution in [0.1, 0.15) is 39.0 Å². The van der Waals surface area contributed by atoms with Crippen LogP contribution in [0.3, 0.4) is 0 Å². The van der Waals surface area contributed by atoms with E-state index in [-0.39, 0.29) is 6.61 Å². The van der Waals surface area contributed by atoms with Crippen LogP contribution >= 0.6 is 0 Å². The molecule has 0 aromatic carbocycles. The number of ether oxygens (including phenoxy) is 2. The highest BCUT2D eigenvalue weighted by molar-refractivity contribution is 5.59. The standard InChI is InChI=1S/C11H20O3/c1-3-5-6-7-8-10-14-11(12)13-9-4-2/h4H,2-3,5-10H2,1H3. The Balaban J connectivity index is 3.10. The minimum Gasteiger partial charge on any atom is -0.434 e. The molecule has 0 bridgehead atoms. The van der Waals surface area contributed by atoms with Gasteiger partial charge in [-0.05, 0) is 6.42 Å². The van der Waals surface area contributed by atoms with Crippen LogP contribution < -0.4 is 0 Å². The average Bonchev–Trinajstić information content (AvgIpc) is 2.20. The minimum absolute atomic E-state index is 0.217. The lowest BCUT2D eigenvalue weighted by atomic mass is 10.2. The fourth-order valence-corrected chi connectivity index (χ4v) is 1.03. The maximum absolute atomic E-state index is 10.8. The third-order valence-corrected chi connectivity index (χ3v) is 1.79. The molecular weight excluding hydrogens is 180 g/mol. The van der Waals surface area contributed by atoms with Crippen LogP contribution in [0.2, 0.25) is 0 Å². The maximum atomic E-state index is 10.8. The molecule has 0 unspecified atom stereocenters. The predicted octanol–water partition coefficient (Wildman–Crippen LogP) is 3.30. The quantitative estimate of drug-likeness (QED) is 0.342. The Morgan fingerprint density at radius 3 is 2.57 bits per heavy atom. The van der Waals surface area contributed by atoms with Crippen LogP contribution in [0.5, 0.6) is 0 Å². The lowest BCUT2D eigenvalue weighted by Gasteiger charge is -2.03. The number of hydrogen-bond donors (Lipinski definition) is 0. The minimum atomic E-state index is -0.597. The molecule has 3 heteroatoms. The molecule has 0 aromatic heterocycles. The van der Waals surface area contributed by atoms with E-state index in [9.17, 15) is 4.79 Å². The second-order valence-corrected chi connectivity index (χ2v) is 3.11. The molecule has 0 saturated heterocycles. The molecule has 0 aliphatic heterocycles. The third kappa shape index (κ3) is 9.10. The van der Waals surface area contributed by atoms with Crippen LogP contribution in [0.15, 0.2) is 12.7 Å². The van der Waals surface area contributed by atoms with Crippen molar-refractivity contribution in [2.45, 2.75) is 39.0 Å². The molecule has 0 radical (unpaired) electrons. The molecule has 0 amide bonds. The normalized spacial score (nSPS) is 9.50. The van der Waals surface area contributed by atoms with E-state index in [4.69, 9.17) is 4.74 Å². The average molecular weight is 200 g/mol. The van der Waals surface area contributed by atoms with Crippen LogP contribution in [0.4, 0.5) is 4.79 Å². The van der Waals surface area contributed by atoms with Crippen molar-refractivity contribution in [1.29, 1.82) is 0 Å². The third-order valence-electron chi connectivity index (χ3n) is 1.79. The van der Waals surface area contributed by atoms with Gasteiger partial charge in [0.05, 0.1) is 6.61 Å². The van der Waals surface area contributed by atoms with Crippen LogP contribution in [-0.4, -0.2) is 19.4 Å². The molecule has 82 valence electrons. The van der Waals surface area contributed by atoms with Gasteiger partial charge in [0.1, 0.15) is 6.61 Å². The lowest BCUT2D eigenvalue weighted by molar-refractivity contribution is 0.0620. The van der Waals surface area contributed by atoms with Gasteiger partial charge in [0, 0.05) is 0 Å². The SMILES string of the molecule is C=CCOC(=O)OCCCCCCC. The summed E-state index contributed by atoms with van der Waals surface area (Å²) in [7, 11) is 0. The summed E-state index contributed by atoms with van der Waals surface area (Å²) in [5.41, 5.74) is 0. The van der Waals surface area contributed by atoms with Crippen molar-refractivity contribution in [3.63, 3.8) is 0 Å². The number of unbranched alkanes of at least 4 members (excludes halogenated alkanes) is 4. The summed E-state index contributed by atoms with van der Waals surface area (Å²) in [5, 5.41) is 0. The Morgan fingerprint density at radius 2 is 1.93 bits per heavy atom. The van der Waals surface area contributed by atoms with Gasteiger partial charge in [-0.2, -0.15) is 0 Å². The van der Waals surface area contributed by atoms with Crippen LogP contribution in [0.25, 0.3) is 0 Å². The number of hydrogen-bond acceptors (Lipinski definition) is 3. The van der Waals surface area contributed by atoms with Crippen molar-refractivity contribution in [1.82, 2.24) is 0 Å². The largest absolute Gasteiger partial charge is 0.508 e. The molecule has 0 spiro atoms. The van der Waals surface area contributed by atoms with Gasteiger partial charge in [0.25, 0.3) is 0 Å². The number of carbonyl (C=O) groups is 1. The molecule has 0 atom stereocenters. The molecule has 0 aliphatic carbocycles. The van der Waals surface area contributed by atoms with Crippen molar-refractivity contribution in [3.05, 3.63) is 12.7 Å². The summed E-state index contributed by atoms with van der Waals surface area (Å²) in [4.78, 5) is 10.8. The Morgan fingerprint density at radius 1 is 1.21 bits per heavy atom. The Hall–Kier alpha value is -0.990. The second kappa shape index (κ2) is 10.1. The van der Waals surface area contributed by atoms with Crippen molar-refractivity contribution in [3.8, 4) is 0 Å². The first-order valence-electron chi connectivity index (χ1n) is 5.21. The molecule has 0 saturated carbocycles. The molecule has 0 fully saturated rings. The summed E-state index contributed by atoms with van der Waals surface area (Å²) in [6.45, 7) is 6.27. The smallest absolute Gasteiger partial charge is 0.434 e. The molecule has 0 N–H and O–H groups in total. The van der Waals surface area contributed by atoms with E-state index in [1.165, 1.54) is 25.3 Å². The summed E-state index contributed by atoms with van der Waals surface area (Å²) in [6.07, 6.45) is 6.64. The van der Waals surface area contributed by atoms with E-state index in [1.54, 1.807) is 0 Å². The summed E-state index contributed by atoms with van der Waals surface area (Å²) in [6, 6.07) is 0. The van der Waals surface area contributed by atoms with Crippen molar-refractivity contribution >= 4 is 6.16 Å². The van der Waals surface area contributed by atoms with Gasteiger partial charge in [-0.1, -0.05) is 45.3 Å². The van der Waals surface area contributed by atoms with Gasteiger partial charge in [-0.3, -0.25) is 0 Å². The van der Waals surface area contributed by atoms with Gasteiger partial charge in [0.2, 0.25) is 0 Å². The highest BCUT2D eigenvalue weighted by atomic mass is 16.7. The summed E-state index contributed by atoms with van der Waals surface area (Å²) < 4.78 is 9.46. The van der Waals surface area contributed by atoms with Gasteiger partial charge >= 0.3 is 6.16 Å². The van der Waals surface area contributed by atoms with Crippen LogP contribution in [0, 0.1) is 0 Å². The summed E-state index contributed by atoms with van der Waals surface area (Å²) >= 11 is 0. The van der Waals surface area contributed by atoms with E-state index in [0.717, 1.165) is 12.8 Å². The zero-order valence-corrected chi connectivity index (χ0v) is 8.96. The first kappa shape index (κ1) is 13.0. The Bertz CT molecular complexity index is 155. The number of rotatable bonds is 8. The fraction of sp³-hybridized carbons (Fsp3) is 0.727. The van der Waals surface area contributed by atoms with Gasteiger partial charge < -0.3 is 9.47 Å². The first-order chi connectivity index (χ1) is 6.81. The first-order valence-corrected chi connectivity index (χ1v) is 5.21. The maximum Gasteiger partial charge on any atom is 0.508 e. The molecule has 14 heavy (non-hydrogen) atoms. The molecule has 0 aromatic rings. The van der Waals surface area contributed by atoms with E-state index in [1.807, 2.05) is 0 Å². The van der Waals surface area contributed by atoms with Crippen molar-refractivity contribution in [2.24, 2.45) is 0 Å². The van der Waals surface area contributed by atoms with E-state index < -0.39 is 6.16 Å². The molecule has 0 rings (SSSR count). The van der Waals surface area contributed by atoms with Crippen molar-refractivity contribution < 1.29 is 14.3 Å². The monoisotopic (exact) mass is 200 g/mol. The molecule has 0 aliphatic rings. The molecular formula is C11H20O3. The van der Waals surface area contributed by atoms with E-state index >= 15 is 0 Å². The lowest BCUT2D eigenvalue weighted by Crippen LogP contribution is -2.08. The topological polar surface area (TPSA) is 35.5 Å². The molecule has 3 nitrogen and oxygen atoms in total. The predicted molar refractivity (Wildman–Crippen MR) is 56.3 cm³/mol. The van der Waals surface area contributed by atoms with Crippen LogP contribution in [-0.2, 0) is 9.47 Å². The summed E-state index contributed by atoms with van der Waals surface area (Å²) in [5.74, 6) is 0. The zero-order valence-electron chi connectivity index (χ0n) is 8.96. The molecule has 0 heterocycles. The van der Waals surface area contributed by atoms with Gasteiger partial charge in [-0.15, -0.1) is 0 Å². The Labute approximate surface area is 86.1 Å². The Kier molecular flexibility index (Phi) is 9.38. The fourth-order valence-electron chi connectivity index (χ4n) is 1.03. The van der Waals surface area contributed by atoms with Gasteiger partial charge in [-0.25, -0.2) is 4.79 Å². The highest BCUT2D eigenvalue weighted by Gasteiger charge is 2.00. The zero-order chi connectivity index (χ0) is 10.6. The second-order valence-electron chi connectivity index (χ2n) is 3.11. The highest BCUT2D eigenvalue weighted by Crippen LogP contribution is 2.02. The van der Waals surface area contributed by atoms with E-state index in [2.05, 4.69) is 18.2 Å². The van der Waals surface area contributed by atoms with E-state index in [0.29, 0.717) is 6.61 Å². The van der Waals surface area contributed by atoms with Crippen molar-refractivity contribution in [2.75, 3.05) is 13.2 Å².